The molecule has 5 nitrogen and oxygen atoms in total. The molecule has 0 aliphatic rings. The first kappa shape index (κ1) is 17.7. The van der Waals surface area contributed by atoms with Crippen molar-refractivity contribution in [3.05, 3.63) is 63.5 Å². The Balaban J connectivity index is 1.48. The van der Waals surface area contributed by atoms with E-state index in [1.54, 1.807) is 29.5 Å². The highest BCUT2D eigenvalue weighted by atomic mass is 35.5. The number of thiophene rings is 1. The molecule has 8 heteroatoms. The molecular weight excluding hydrogens is 381 g/mol. The van der Waals surface area contributed by atoms with Crippen LogP contribution in [0.4, 0.5) is 0 Å². The molecule has 0 saturated heterocycles. The van der Waals surface area contributed by atoms with Gasteiger partial charge in [0, 0.05) is 11.1 Å². The maximum absolute atomic E-state index is 12.1. The molecule has 0 bridgehead atoms. The summed E-state index contributed by atoms with van der Waals surface area (Å²) in [6.45, 7) is 0.562. The molecule has 0 aliphatic heterocycles. The lowest BCUT2D eigenvalue weighted by atomic mass is 10.2. The first-order valence-electron chi connectivity index (χ1n) is 7.37. The van der Waals surface area contributed by atoms with Gasteiger partial charge in [0.1, 0.15) is 12.3 Å². The van der Waals surface area contributed by atoms with Gasteiger partial charge in [0.15, 0.2) is 0 Å². The first-order chi connectivity index (χ1) is 12.1. The second-order valence-corrected chi connectivity index (χ2v) is 6.75. The van der Waals surface area contributed by atoms with Gasteiger partial charge in [-0.25, -0.2) is 0 Å². The molecule has 3 rings (SSSR count). The van der Waals surface area contributed by atoms with Gasteiger partial charge in [0.2, 0.25) is 5.88 Å². The molecule has 25 heavy (non-hydrogen) atoms. The molecular formula is C17H13Cl2N3O2S. The summed E-state index contributed by atoms with van der Waals surface area (Å²) in [5, 5.41) is 13.6. The van der Waals surface area contributed by atoms with Crippen LogP contribution in [0.1, 0.15) is 10.4 Å². The summed E-state index contributed by atoms with van der Waals surface area (Å²) in [5.41, 5.74) is 1.13. The van der Waals surface area contributed by atoms with Crippen LogP contribution in [-0.2, 0) is 0 Å². The van der Waals surface area contributed by atoms with Crippen LogP contribution in [0.25, 0.3) is 10.6 Å². The summed E-state index contributed by atoms with van der Waals surface area (Å²) < 4.78 is 5.47. The van der Waals surface area contributed by atoms with E-state index < -0.39 is 0 Å². The third-order valence-corrected chi connectivity index (χ3v) is 4.68. The molecule has 0 saturated carbocycles. The van der Waals surface area contributed by atoms with E-state index in [4.69, 9.17) is 27.9 Å². The molecule has 0 radical (unpaired) electrons. The molecule has 2 heterocycles. The number of halogens is 2. The Morgan fingerprint density at radius 2 is 2.04 bits per heavy atom. The highest BCUT2D eigenvalue weighted by molar-refractivity contribution is 7.13. The van der Waals surface area contributed by atoms with Crippen molar-refractivity contribution in [3.63, 3.8) is 0 Å². The van der Waals surface area contributed by atoms with E-state index in [0.717, 1.165) is 10.6 Å². The number of rotatable bonds is 6. The van der Waals surface area contributed by atoms with Gasteiger partial charge in [-0.3, -0.25) is 4.79 Å². The first-order valence-corrected chi connectivity index (χ1v) is 9.01. The lowest BCUT2D eigenvalue weighted by Gasteiger charge is -2.08. The second kappa shape index (κ2) is 8.29. The minimum absolute atomic E-state index is 0.261. The number of nitrogens with one attached hydrogen (secondary N) is 1. The summed E-state index contributed by atoms with van der Waals surface area (Å²) in [5.74, 6) is 0.0885. The minimum atomic E-state index is -0.310. The molecule has 128 valence electrons. The van der Waals surface area contributed by atoms with E-state index in [1.807, 2.05) is 23.6 Å². The number of ether oxygens (including phenoxy) is 1. The highest BCUT2D eigenvalue weighted by Gasteiger charge is 2.10. The van der Waals surface area contributed by atoms with E-state index in [0.29, 0.717) is 28.0 Å². The average molecular weight is 394 g/mol. The molecule has 0 atom stereocenters. The molecule has 1 amide bonds. The van der Waals surface area contributed by atoms with Crippen molar-refractivity contribution in [2.75, 3.05) is 13.2 Å². The van der Waals surface area contributed by atoms with Gasteiger partial charge in [0.25, 0.3) is 5.91 Å². The third-order valence-electron chi connectivity index (χ3n) is 3.22. The lowest BCUT2D eigenvalue weighted by molar-refractivity contribution is 0.0946. The maximum Gasteiger partial charge on any atom is 0.252 e. The molecule has 0 aliphatic carbocycles. The monoisotopic (exact) mass is 393 g/mol. The van der Waals surface area contributed by atoms with Crippen molar-refractivity contribution in [1.82, 2.24) is 15.5 Å². The zero-order chi connectivity index (χ0) is 17.6. The Kier molecular flexibility index (Phi) is 5.86. The Morgan fingerprint density at radius 1 is 1.16 bits per heavy atom. The predicted octanol–water partition coefficient (Wildman–Crippen LogP) is 4.32. The quantitative estimate of drug-likeness (QED) is 0.633. The van der Waals surface area contributed by atoms with Crippen LogP contribution < -0.4 is 10.1 Å². The number of hydrogen-bond acceptors (Lipinski definition) is 5. The summed E-state index contributed by atoms with van der Waals surface area (Å²) >= 11 is 13.5. The normalized spacial score (nSPS) is 10.5. The van der Waals surface area contributed by atoms with Crippen molar-refractivity contribution < 1.29 is 9.53 Å². The summed E-state index contributed by atoms with van der Waals surface area (Å²) in [4.78, 5) is 13.1. The Bertz CT molecular complexity index is 855. The van der Waals surface area contributed by atoms with E-state index >= 15 is 0 Å². The molecule has 3 aromatic rings. The number of nitrogens with zero attached hydrogens (tertiary/aromatic N) is 2. The predicted molar refractivity (Wildman–Crippen MR) is 99.6 cm³/mol. The van der Waals surface area contributed by atoms with Crippen molar-refractivity contribution >= 4 is 40.4 Å². The third kappa shape index (κ3) is 4.69. The number of carbonyl (C=O) groups is 1. The molecule has 0 spiro atoms. The Morgan fingerprint density at radius 3 is 2.76 bits per heavy atom. The molecule has 2 aromatic heterocycles. The fourth-order valence-corrected chi connectivity index (χ4v) is 3.11. The number of hydrogen-bond donors (Lipinski definition) is 1. The van der Waals surface area contributed by atoms with E-state index in [1.165, 1.54) is 6.07 Å². The van der Waals surface area contributed by atoms with Crippen LogP contribution in [0.2, 0.25) is 10.0 Å². The topological polar surface area (TPSA) is 64.1 Å². The van der Waals surface area contributed by atoms with E-state index in [2.05, 4.69) is 15.5 Å². The van der Waals surface area contributed by atoms with E-state index in [9.17, 15) is 4.79 Å². The molecule has 0 fully saturated rings. The van der Waals surface area contributed by atoms with Crippen LogP contribution in [0.15, 0.2) is 47.8 Å². The van der Waals surface area contributed by atoms with Crippen molar-refractivity contribution in [2.45, 2.75) is 0 Å². The van der Waals surface area contributed by atoms with Gasteiger partial charge in [-0.2, -0.15) is 0 Å². The highest BCUT2D eigenvalue weighted by Crippen LogP contribution is 2.23. The van der Waals surface area contributed by atoms with Gasteiger partial charge >= 0.3 is 0 Å². The van der Waals surface area contributed by atoms with Crippen molar-refractivity contribution in [2.24, 2.45) is 0 Å². The zero-order valence-corrected chi connectivity index (χ0v) is 15.2. The van der Waals surface area contributed by atoms with Crippen LogP contribution >= 0.6 is 34.5 Å². The van der Waals surface area contributed by atoms with Crippen LogP contribution in [0.3, 0.4) is 0 Å². The summed E-state index contributed by atoms with van der Waals surface area (Å²) in [6, 6.07) is 12.3. The lowest BCUT2D eigenvalue weighted by Crippen LogP contribution is -2.28. The van der Waals surface area contributed by atoms with Crippen molar-refractivity contribution in [3.8, 4) is 16.5 Å². The SMILES string of the molecule is O=C(NCCOc1ccc(-c2cccs2)nn1)c1cc(Cl)ccc1Cl. The van der Waals surface area contributed by atoms with Crippen LogP contribution in [-0.4, -0.2) is 29.3 Å². The fraction of sp³-hybridized carbons (Fsp3) is 0.118. The summed E-state index contributed by atoms with van der Waals surface area (Å²) in [6.07, 6.45) is 0. The van der Waals surface area contributed by atoms with Crippen LogP contribution in [0, 0.1) is 0 Å². The standard InChI is InChI=1S/C17H13Cl2N3O2S/c18-11-3-4-13(19)12(10-11)17(23)20-7-8-24-16-6-5-14(21-22-16)15-2-1-9-25-15/h1-6,9-10H,7-8H2,(H,20,23). The van der Waals surface area contributed by atoms with Gasteiger partial charge in [0.05, 0.1) is 22.0 Å². The number of aromatic nitrogens is 2. The number of benzene rings is 1. The molecule has 1 N–H and O–H groups in total. The Labute approximate surface area is 158 Å². The van der Waals surface area contributed by atoms with Gasteiger partial charge in [-0.1, -0.05) is 29.3 Å². The van der Waals surface area contributed by atoms with Gasteiger partial charge in [-0.05, 0) is 35.7 Å². The van der Waals surface area contributed by atoms with Crippen LogP contribution in [0.5, 0.6) is 5.88 Å². The number of amides is 1. The van der Waals surface area contributed by atoms with Gasteiger partial charge in [-0.15, -0.1) is 21.5 Å². The summed E-state index contributed by atoms with van der Waals surface area (Å²) in [7, 11) is 0. The number of carbonyl (C=O) groups excluding carboxylic acids is 1. The van der Waals surface area contributed by atoms with E-state index in [-0.39, 0.29) is 12.5 Å². The zero-order valence-electron chi connectivity index (χ0n) is 12.9. The second-order valence-electron chi connectivity index (χ2n) is 4.96. The molecule has 0 unspecified atom stereocenters. The minimum Gasteiger partial charge on any atom is -0.475 e. The smallest absolute Gasteiger partial charge is 0.252 e. The Hall–Kier alpha value is -2.15. The van der Waals surface area contributed by atoms with Crippen molar-refractivity contribution in [1.29, 1.82) is 0 Å². The maximum atomic E-state index is 12.1. The largest absolute Gasteiger partial charge is 0.475 e. The fourth-order valence-electron chi connectivity index (χ4n) is 2.04. The average Bonchev–Trinajstić information content (AvgIpc) is 3.16. The molecule has 1 aromatic carbocycles. The van der Waals surface area contributed by atoms with Gasteiger partial charge < -0.3 is 10.1 Å².